The van der Waals surface area contributed by atoms with Crippen molar-refractivity contribution in [2.45, 2.75) is 12.6 Å². The summed E-state index contributed by atoms with van der Waals surface area (Å²) in [5.74, 6) is 0. The van der Waals surface area contributed by atoms with Gasteiger partial charge in [0.25, 0.3) is 0 Å². The maximum atomic E-state index is 5.85. The molecule has 3 nitrogen and oxygen atoms in total. The van der Waals surface area contributed by atoms with Crippen molar-refractivity contribution in [1.29, 1.82) is 0 Å². The van der Waals surface area contributed by atoms with Crippen LogP contribution in [0.1, 0.15) is 5.56 Å². The largest absolute Gasteiger partial charge is 0.329 e. The lowest BCUT2D eigenvalue weighted by atomic mass is 10.1. The van der Waals surface area contributed by atoms with Crippen molar-refractivity contribution in [2.24, 2.45) is 11.5 Å². The Morgan fingerprint density at radius 3 is 2.56 bits per heavy atom. The van der Waals surface area contributed by atoms with Crippen molar-refractivity contribution >= 4 is 10.8 Å². The first-order valence-corrected chi connectivity index (χ1v) is 6.31. The average Bonchev–Trinajstić information content (AvgIpc) is 2.38. The summed E-state index contributed by atoms with van der Waals surface area (Å²) in [5, 5.41) is 2.56. The molecule has 0 radical (unpaired) electrons. The first-order chi connectivity index (χ1) is 8.69. The van der Waals surface area contributed by atoms with Crippen molar-refractivity contribution < 1.29 is 0 Å². The van der Waals surface area contributed by atoms with Crippen molar-refractivity contribution in [3.8, 4) is 0 Å². The molecule has 96 valence electrons. The van der Waals surface area contributed by atoms with Gasteiger partial charge in [-0.25, -0.2) is 0 Å². The van der Waals surface area contributed by atoms with Crippen LogP contribution in [0.25, 0.3) is 10.8 Å². The highest BCUT2D eigenvalue weighted by Gasteiger charge is 2.06. The third-order valence-electron chi connectivity index (χ3n) is 3.12. The zero-order chi connectivity index (χ0) is 13.0. The maximum Gasteiger partial charge on any atom is 0.0292 e. The van der Waals surface area contributed by atoms with Gasteiger partial charge in [0.1, 0.15) is 0 Å². The molecule has 0 spiro atoms. The fourth-order valence-corrected chi connectivity index (χ4v) is 2.19. The van der Waals surface area contributed by atoms with Gasteiger partial charge in [0.2, 0.25) is 0 Å². The van der Waals surface area contributed by atoms with Crippen molar-refractivity contribution in [3.63, 3.8) is 0 Å². The van der Waals surface area contributed by atoms with Crippen LogP contribution >= 0.6 is 0 Å². The topological polar surface area (TPSA) is 55.3 Å². The molecule has 4 N–H and O–H groups in total. The van der Waals surface area contributed by atoms with Crippen LogP contribution in [0.5, 0.6) is 0 Å². The quantitative estimate of drug-likeness (QED) is 0.838. The van der Waals surface area contributed by atoms with E-state index in [0.29, 0.717) is 6.54 Å². The first-order valence-electron chi connectivity index (χ1n) is 6.31. The van der Waals surface area contributed by atoms with Gasteiger partial charge in [-0.1, -0.05) is 36.4 Å². The Balaban J connectivity index is 2.07. The third kappa shape index (κ3) is 3.29. The van der Waals surface area contributed by atoms with E-state index in [4.69, 9.17) is 11.5 Å². The summed E-state index contributed by atoms with van der Waals surface area (Å²) in [4.78, 5) is 2.21. The van der Waals surface area contributed by atoms with Crippen molar-refractivity contribution in [2.75, 3.05) is 20.1 Å². The van der Waals surface area contributed by atoms with Gasteiger partial charge in [0, 0.05) is 25.7 Å². The molecule has 0 heterocycles. The highest BCUT2D eigenvalue weighted by molar-refractivity contribution is 5.82. The molecule has 0 aromatic heterocycles. The number of likely N-dealkylation sites (N-methyl/N-ethyl adjacent to an activating group) is 1. The Morgan fingerprint density at radius 2 is 1.83 bits per heavy atom. The second kappa shape index (κ2) is 5.96. The third-order valence-corrected chi connectivity index (χ3v) is 3.12. The van der Waals surface area contributed by atoms with Gasteiger partial charge >= 0.3 is 0 Å². The van der Waals surface area contributed by atoms with E-state index in [1.807, 2.05) is 0 Å². The van der Waals surface area contributed by atoms with Gasteiger partial charge < -0.3 is 16.4 Å². The minimum Gasteiger partial charge on any atom is -0.329 e. The second-order valence-electron chi connectivity index (χ2n) is 4.87. The molecule has 3 heteroatoms. The minimum absolute atomic E-state index is 0.0513. The highest BCUT2D eigenvalue weighted by atomic mass is 15.1. The van der Waals surface area contributed by atoms with Crippen LogP contribution in [0, 0.1) is 0 Å². The van der Waals surface area contributed by atoms with Crippen LogP contribution < -0.4 is 11.5 Å². The van der Waals surface area contributed by atoms with Crippen LogP contribution in [0.2, 0.25) is 0 Å². The summed E-state index contributed by atoms with van der Waals surface area (Å²) < 4.78 is 0. The molecule has 18 heavy (non-hydrogen) atoms. The number of benzene rings is 2. The van der Waals surface area contributed by atoms with E-state index in [2.05, 4.69) is 54.4 Å². The lowest BCUT2D eigenvalue weighted by molar-refractivity contribution is 0.305. The Bertz CT molecular complexity index is 510. The van der Waals surface area contributed by atoms with E-state index in [-0.39, 0.29) is 6.04 Å². The molecule has 0 aliphatic carbocycles. The average molecular weight is 243 g/mol. The van der Waals surface area contributed by atoms with Crippen molar-refractivity contribution in [3.05, 3.63) is 48.0 Å². The summed E-state index contributed by atoms with van der Waals surface area (Å²) in [6.07, 6.45) is 0. The SMILES string of the molecule is CN(Cc1ccc2ccccc2c1)CC(N)CN. The Kier molecular flexibility index (Phi) is 4.31. The predicted octanol–water partition coefficient (Wildman–Crippen LogP) is 1.56. The number of rotatable bonds is 5. The van der Waals surface area contributed by atoms with Crippen LogP contribution in [0.15, 0.2) is 42.5 Å². The molecule has 0 fully saturated rings. The molecule has 1 atom stereocenters. The van der Waals surface area contributed by atoms with Crippen LogP contribution in [0.4, 0.5) is 0 Å². The summed E-state index contributed by atoms with van der Waals surface area (Å²) >= 11 is 0. The van der Waals surface area contributed by atoms with Gasteiger partial charge in [-0.05, 0) is 29.4 Å². The zero-order valence-corrected chi connectivity index (χ0v) is 10.8. The normalized spacial score (nSPS) is 13.1. The Morgan fingerprint density at radius 1 is 1.11 bits per heavy atom. The molecule has 2 rings (SSSR count). The van der Waals surface area contributed by atoms with Gasteiger partial charge in [0.15, 0.2) is 0 Å². The Labute approximate surface area is 108 Å². The number of nitrogens with zero attached hydrogens (tertiary/aromatic N) is 1. The number of hydrogen-bond donors (Lipinski definition) is 2. The van der Waals surface area contributed by atoms with Crippen LogP contribution in [0.3, 0.4) is 0 Å². The molecule has 0 saturated heterocycles. The molecule has 0 amide bonds. The maximum absolute atomic E-state index is 5.85. The van der Waals surface area contributed by atoms with Crippen molar-refractivity contribution in [1.82, 2.24) is 4.90 Å². The monoisotopic (exact) mass is 243 g/mol. The molecule has 2 aromatic carbocycles. The summed E-state index contributed by atoms with van der Waals surface area (Å²) in [6.45, 7) is 2.25. The Hall–Kier alpha value is -1.42. The zero-order valence-electron chi connectivity index (χ0n) is 10.8. The number of fused-ring (bicyclic) bond motifs is 1. The van der Waals surface area contributed by atoms with Crippen LogP contribution in [-0.2, 0) is 6.54 Å². The molecule has 2 aromatic rings. The van der Waals surface area contributed by atoms with Gasteiger partial charge in [0.05, 0.1) is 0 Å². The van der Waals surface area contributed by atoms with E-state index in [1.165, 1.54) is 16.3 Å². The lowest BCUT2D eigenvalue weighted by Gasteiger charge is -2.20. The predicted molar refractivity (Wildman–Crippen MR) is 77.3 cm³/mol. The fraction of sp³-hybridized carbons (Fsp3) is 0.333. The van der Waals surface area contributed by atoms with E-state index in [0.717, 1.165) is 13.1 Å². The molecular formula is C15H21N3. The van der Waals surface area contributed by atoms with Gasteiger partial charge in [-0.2, -0.15) is 0 Å². The van der Waals surface area contributed by atoms with Crippen LogP contribution in [-0.4, -0.2) is 31.1 Å². The van der Waals surface area contributed by atoms with E-state index >= 15 is 0 Å². The number of hydrogen-bond acceptors (Lipinski definition) is 3. The van der Waals surface area contributed by atoms with E-state index in [1.54, 1.807) is 0 Å². The second-order valence-corrected chi connectivity index (χ2v) is 4.87. The summed E-state index contributed by atoms with van der Waals surface area (Å²) in [5.41, 5.74) is 12.7. The standard InChI is InChI=1S/C15H21N3/c1-18(11-15(17)9-16)10-12-6-7-13-4-2-3-5-14(13)8-12/h2-8,15H,9-11,16-17H2,1H3. The smallest absolute Gasteiger partial charge is 0.0292 e. The summed E-state index contributed by atoms with van der Waals surface area (Å²) in [7, 11) is 2.07. The van der Waals surface area contributed by atoms with E-state index in [9.17, 15) is 0 Å². The van der Waals surface area contributed by atoms with Gasteiger partial charge in [-0.15, -0.1) is 0 Å². The molecular weight excluding hydrogens is 222 g/mol. The summed E-state index contributed by atoms with van der Waals surface area (Å²) in [6, 6.07) is 15.0. The lowest BCUT2D eigenvalue weighted by Crippen LogP contribution is -2.40. The van der Waals surface area contributed by atoms with E-state index < -0.39 is 0 Å². The molecule has 0 bridgehead atoms. The number of nitrogens with two attached hydrogens (primary N) is 2. The fourth-order valence-electron chi connectivity index (χ4n) is 2.19. The molecule has 0 saturated carbocycles. The minimum atomic E-state index is 0.0513. The molecule has 1 unspecified atom stereocenters. The van der Waals surface area contributed by atoms with Gasteiger partial charge in [-0.3, -0.25) is 0 Å². The highest BCUT2D eigenvalue weighted by Crippen LogP contribution is 2.16. The molecule has 0 aliphatic heterocycles. The molecule has 0 aliphatic rings. The first kappa shape index (κ1) is 13.0.